The van der Waals surface area contributed by atoms with Crippen LogP contribution < -0.4 is 24.2 Å². The number of hydrogen-bond donors (Lipinski definition) is 2. The van der Waals surface area contributed by atoms with Gasteiger partial charge in [-0.25, -0.2) is 8.42 Å². The Hall–Kier alpha value is -4.05. The van der Waals surface area contributed by atoms with Crippen LogP contribution in [0.3, 0.4) is 0 Å². The van der Waals surface area contributed by atoms with E-state index < -0.39 is 10.0 Å². The molecule has 0 spiro atoms. The van der Waals surface area contributed by atoms with Crippen LogP contribution in [0.5, 0.6) is 17.2 Å². The summed E-state index contributed by atoms with van der Waals surface area (Å²) in [7, 11) is -2.36. The average molecular weight is 497 g/mol. The second kappa shape index (κ2) is 10.1. The number of rotatable bonds is 8. The molecule has 0 saturated heterocycles. The van der Waals surface area contributed by atoms with E-state index in [-0.39, 0.29) is 23.0 Å². The van der Waals surface area contributed by atoms with Gasteiger partial charge in [0.25, 0.3) is 10.0 Å². The van der Waals surface area contributed by atoms with Gasteiger partial charge in [-0.05, 0) is 61.5 Å². The number of nitrogens with one attached hydrogen (secondary N) is 2. The lowest BCUT2D eigenvalue weighted by atomic mass is 10.0. The minimum absolute atomic E-state index is 0.00277. The van der Waals surface area contributed by atoms with E-state index in [0.29, 0.717) is 53.0 Å². The van der Waals surface area contributed by atoms with Gasteiger partial charge in [0.1, 0.15) is 19.0 Å². The quantitative estimate of drug-likeness (QED) is 0.457. The molecule has 0 fully saturated rings. The SMILES string of the molecule is COc1ccc(C(C)=O)cc1CC(=O)Nc1ccc(NS(=O)(=O)c2ccc3c(c2)OCCO3)cc1. The maximum absolute atomic E-state index is 12.8. The normalized spacial score (nSPS) is 12.5. The molecule has 0 unspecified atom stereocenters. The number of carbonyl (C=O) groups is 2. The van der Waals surface area contributed by atoms with Gasteiger partial charge >= 0.3 is 0 Å². The Morgan fingerprint density at radius 2 is 1.60 bits per heavy atom. The first-order chi connectivity index (χ1) is 16.7. The van der Waals surface area contributed by atoms with Gasteiger partial charge in [-0.1, -0.05) is 0 Å². The van der Waals surface area contributed by atoms with Crippen LogP contribution in [-0.2, 0) is 21.2 Å². The summed E-state index contributed by atoms with van der Waals surface area (Å²) in [5.74, 6) is 0.967. The molecule has 0 radical (unpaired) electrons. The van der Waals surface area contributed by atoms with Gasteiger partial charge in [-0.3, -0.25) is 14.3 Å². The number of hydrogen-bond acceptors (Lipinski definition) is 7. The zero-order chi connectivity index (χ0) is 25.0. The number of carbonyl (C=O) groups excluding carboxylic acids is 2. The maximum Gasteiger partial charge on any atom is 0.262 e. The second-order valence-electron chi connectivity index (χ2n) is 7.80. The van der Waals surface area contributed by atoms with Crippen molar-refractivity contribution in [1.82, 2.24) is 0 Å². The Bertz CT molecular complexity index is 1370. The van der Waals surface area contributed by atoms with Crippen LogP contribution in [-0.4, -0.2) is 40.4 Å². The van der Waals surface area contributed by atoms with Gasteiger partial charge < -0.3 is 19.5 Å². The number of anilines is 2. The molecule has 10 heteroatoms. The molecule has 1 amide bonds. The first-order valence-electron chi connectivity index (χ1n) is 10.8. The minimum atomic E-state index is -3.86. The lowest BCUT2D eigenvalue weighted by molar-refractivity contribution is -0.115. The van der Waals surface area contributed by atoms with Crippen LogP contribution >= 0.6 is 0 Å². The van der Waals surface area contributed by atoms with E-state index in [1.807, 2.05) is 0 Å². The fourth-order valence-electron chi connectivity index (χ4n) is 3.54. The minimum Gasteiger partial charge on any atom is -0.496 e. The van der Waals surface area contributed by atoms with Crippen molar-refractivity contribution in [3.63, 3.8) is 0 Å². The fourth-order valence-corrected chi connectivity index (χ4v) is 4.61. The number of ketones is 1. The van der Waals surface area contributed by atoms with Crippen molar-refractivity contribution in [1.29, 1.82) is 0 Å². The molecule has 0 bridgehead atoms. The highest BCUT2D eigenvalue weighted by atomic mass is 32.2. The monoisotopic (exact) mass is 496 g/mol. The molecule has 3 aromatic rings. The van der Waals surface area contributed by atoms with Crippen LogP contribution in [0.4, 0.5) is 11.4 Å². The molecule has 1 aliphatic heterocycles. The zero-order valence-electron chi connectivity index (χ0n) is 19.2. The van der Waals surface area contributed by atoms with E-state index in [4.69, 9.17) is 14.2 Å². The van der Waals surface area contributed by atoms with E-state index >= 15 is 0 Å². The van der Waals surface area contributed by atoms with Gasteiger partial charge in [0.15, 0.2) is 17.3 Å². The third kappa shape index (κ3) is 5.72. The Morgan fingerprint density at radius 1 is 0.914 bits per heavy atom. The highest BCUT2D eigenvalue weighted by Crippen LogP contribution is 2.33. The second-order valence-corrected chi connectivity index (χ2v) is 9.48. The largest absolute Gasteiger partial charge is 0.496 e. The van der Waals surface area contributed by atoms with Crippen LogP contribution in [0, 0.1) is 0 Å². The molecular formula is C25H24N2O7S. The number of fused-ring (bicyclic) bond motifs is 1. The van der Waals surface area contributed by atoms with E-state index in [1.54, 1.807) is 48.5 Å². The fraction of sp³-hybridized carbons (Fsp3) is 0.200. The lowest BCUT2D eigenvalue weighted by Crippen LogP contribution is -2.17. The molecule has 1 aliphatic rings. The number of Topliss-reactive ketones (excluding diaryl/α,β-unsaturated/α-hetero) is 1. The third-order valence-corrected chi connectivity index (χ3v) is 6.66. The molecule has 1 heterocycles. The summed E-state index contributed by atoms with van der Waals surface area (Å²) in [6, 6.07) is 15.6. The van der Waals surface area contributed by atoms with Gasteiger partial charge in [0, 0.05) is 28.6 Å². The topological polar surface area (TPSA) is 120 Å². The highest BCUT2D eigenvalue weighted by Gasteiger charge is 2.19. The summed E-state index contributed by atoms with van der Waals surface area (Å²) < 4.78 is 44.2. The maximum atomic E-state index is 12.8. The van der Waals surface area contributed by atoms with Crippen molar-refractivity contribution in [2.45, 2.75) is 18.2 Å². The highest BCUT2D eigenvalue weighted by molar-refractivity contribution is 7.92. The number of benzene rings is 3. The molecule has 9 nitrogen and oxygen atoms in total. The van der Waals surface area contributed by atoms with Gasteiger partial charge in [-0.15, -0.1) is 0 Å². The molecule has 4 rings (SSSR count). The Morgan fingerprint density at radius 3 is 2.29 bits per heavy atom. The smallest absolute Gasteiger partial charge is 0.262 e. The molecule has 0 saturated carbocycles. The van der Waals surface area contributed by atoms with Crippen molar-refractivity contribution in [3.05, 3.63) is 71.8 Å². The molecule has 2 N–H and O–H groups in total. The molecule has 0 aliphatic carbocycles. The number of sulfonamides is 1. The Kier molecular flexibility index (Phi) is 6.92. The lowest BCUT2D eigenvalue weighted by Gasteiger charge is -2.19. The van der Waals surface area contributed by atoms with Crippen molar-refractivity contribution >= 4 is 33.1 Å². The molecule has 182 valence electrons. The van der Waals surface area contributed by atoms with Gasteiger partial charge in [0.2, 0.25) is 5.91 Å². The van der Waals surface area contributed by atoms with Crippen LogP contribution in [0.25, 0.3) is 0 Å². The van der Waals surface area contributed by atoms with Crippen molar-refractivity contribution in [3.8, 4) is 17.2 Å². The van der Waals surface area contributed by atoms with Crippen LogP contribution in [0.15, 0.2) is 65.6 Å². The van der Waals surface area contributed by atoms with E-state index in [1.165, 1.54) is 26.2 Å². The van der Waals surface area contributed by atoms with Gasteiger partial charge in [0.05, 0.1) is 18.4 Å². The van der Waals surface area contributed by atoms with Crippen molar-refractivity contribution < 1.29 is 32.2 Å². The summed E-state index contributed by atoms with van der Waals surface area (Å²) in [5, 5.41) is 2.76. The first-order valence-corrected chi connectivity index (χ1v) is 12.2. The van der Waals surface area contributed by atoms with E-state index in [2.05, 4.69) is 10.0 Å². The molecule has 3 aromatic carbocycles. The predicted octanol–water partition coefficient (Wildman–Crippen LogP) is 3.65. The zero-order valence-corrected chi connectivity index (χ0v) is 20.0. The predicted molar refractivity (Wildman–Crippen MR) is 130 cm³/mol. The van der Waals surface area contributed by atoms with E-state index in [9.17, 15) is 18.0 Å². The summed E-state index contributed by atoms with van der Waals surface area (Å²) in [6.45, 7) is 2.22. The van der Waals surface area contributed by atoms with Crippen LogP contribution in [0.2, 0.25) is 0 Å². The molecule has 0 aromatic heterocycles. The van der Waals surface area contributed by atoms with E-state index in [0.717, 1.165) is 0 Å². The van der Waals surface area contributed by atoms with Gasteiger partial charge in [-0.2, -0.15) is 0 Å². The number of methoxy groups -OCH3 is 1. The molecule has 0 atom stereocenters. The van der Waals surface area contributed by atoms with Crippen molar-refractivity contribution in [2.75, 3.05) is 30.4 Å². The first kappa shape index (κ1) is 24.1. The number of ether oxygens (including phenoxy) is 3. The summed E-state index contributed by atoms with van der Waals surface area (Å²) in [5.41, 5.74) is 1.89. The number of amides is 1. The summed E-state index contributed by atoms with van der Waals surface area (Å²) in [4.78, 5) is 24.3. The molecule has 35 heavy (non-hydrogen) atoms. The van der Waals surface area contributed by atoms with Crippen molar-refractivity contribution in [2.24, 2.45) is 0 Å². The summed E-state index contributed by atoms with van der Waals surface area (Å²) >= 11 is 0. The average Bonchev–Trinajstić information content (AvgIpc) is 2.84. The Balaban J connectivity index is 1.41. The third-order valence-electron chi connectivity index (χ3n) is 5.28. The molecular weight excluding hydrogens is 472 g/mol. The standard InChI is InChI=1S/C25H24N2O7S/c1-16(28)17-3-9-22(32-2)18(13-17)14-25(29)26-19-4-6-20(7-5-19)27-35(30,31)21-8-10-23-24(15-21)34-12-11-33-23/h3-10,13,15,27H,11-12,14H2,1-2H3,(H,26,29). The van der Waals surface area contributed by atoms with Crippen LogP contribution in [0.1, 0.15) is 22.8 Å². The summed E-state index contributed by atoms with van der Waals surface area (Å²) in [6.07, 6.45) is 0.00277. The Labute approximate surface area is 203 Å².